The Labute approximate surface area is 120 Å². The summed E-state index contributed by atoms with van der Waals surface area (Å²) in [4.78, 5) is 26.8. The molecule has 1 atom stereocenters. The minimum atomic E-state index is -0.299. The average Bonchev–Trinajstić information content (AvgIpc) is 2.94. The van der Waals surface area contributed by atoms with Crippen LogP contribution in [0.4, 0.5) is 0 Å². The Bertz CT molecular complexity index is 671. The van der Waals surface area contributed by atoms with E-state index >= 15 is 0 Å². The molecule has 0 aromatic carbocycles. The topological polar surface area (TPSA) is 66.1 Å². The van der Waals surface area contributed by atoms with Gasteiger partial charge in [-0.1, -0.05) is 6.92 Å². The van der Waals surface area contributed by atoms with Crippen molar-refractivity contribution in [3.05, 3.63) is 50.1 Å². The summed E-state index contributed by atoms with van der Waals surface area (Å²) >= 11 is 1.75. The number of aromatic amines is 1. The lowest BCUT2D eigenvalue weighted by atomic mass is 9.97. The maximum atomic E-state index is 12.6. The highest BCUT2D eigenvalue weighted by atomic mass is 32.1. The maximum absolute atomic E-state index is 12.6. The maximum Gasteiger partial charge on any atom is 0.274 e. The van der Waals surface area contributed by atoms with Gasteiger partial charge >= 0.3 is 0 Å². The molecule has 0 fully saturated rings. The summed E-state index contributed by atoms with van der Waals surface area (Å²) in [6, 6.07) is 5.03. The first-order valence-corrected chi connectivity index (χ1v) is 7.51. The molecule has 0 saturated carbocycles. The number of H-pyrrole nitrogens is 1. The van der Waals surface area contributed by atoms with E-state index in [4.69, 9.17) is 0 Å². The molecule has 0 aliphatic carbocycles. The predicted octanol–water partition coefficient (Wildman–Crippen LogP) is 1.98. The van der Waals surface area contributed by atoms with Gasteiger partial charge in [-0.25, -0.2) is 5.10 Å². The molecule has 5 nitrogen and oxygen atoms in total. The van der Waals surface area contributed by atoms with Gasteiger partial charge < -0.3 is 4.90 Å². The van der Waals surface area contributed by atoms with Gasteiger partial charge in [0.1, 0.15) is 5.69 Å². The number of rotatable bonds is 2. The van der Waals surface area contributed by atoms with Gasteiger partial charge in [0.15, 0.2) is 0 Å². The van der Waals surface area contributed by atoms with Gasteiger partial charge in [0, 0.05) is 17.5 Å². The van der Waals surface area contributed by atoms with Crippen molar-refractivity contribution in [3.63, 3.8) is 0 Å². The highest BCUT2D eigenvalue weighted by molar-refractivity contribution is 7.10. The van der Waals surface area contributed by atoms with Gasteiger partial charge in [-0.3, -0.25) is 9.59 Å². The van der Waals surface area contributed by atoms with Crippen molar-refractivity contribution in [1.82, 2.24) is 15.1 Å². The fraction of sp³-hybridized carbons (Fsp3) is 0.357. The standard InChI is InChI=1S/C14H15N3O2S/c1-2-11-9-6-8-20-12(9)5-7-17(11)14(19)10-3-4-13(18)16-15-10/h3-4,6,8,11H,2,5,7H2,1H3,(H,16,18). The summed E-state index contributed by atoms with van der Waals surface area (Å²) < 4.78 is 0. The molecule has 20 heavy (non-hydrogen) atoms. The molecule has 3 rings (SSSR count). The van der Waals surface area contributed by atoms with Crippen molar-refractivity contribution in [2.45, 2.75) is 25.8 Å². The number of fused-ring (bicyclic) bond motifs is 1. The molecular formula is C14H15N3O2S. The van der Waals surface area contributed by atoms with Crippen molar-refractivity contribution in [1.29, 1.82) is 0 Å². The van der Waals surface area contributed by atoms with E-state index in [1.165, 1.54) is 22.6 Å². The first-order valence-electron chi connectivity index (χ1n) is 6.63. The number of aromatic nitrogens is 2. The van der Waals surface area contributed by atoms with Crippen LogP contribution in [0.15, 0.2) is 28.4 Å². The molecule has 0 saturated heterocycles. The minimum absolute atomic E-state index is 0.103. The monoisotopic (exact) mass is 289 g/mol. The number of carbonyl (C=O) groups is 1. The first kappa shape index (κ1) is 13.1. The van der Waals surface area contributed by atoms with Crippen molar-refractivity contribution in [3.8, 4) is 0 Å². The molecule has 0 radical (unpaired) electrons. The van der Waals surface area contributed by atoms with Crippen LogP contribution in [0.2, 0.25) is 0 Å². The Hall–Kier alpha value is -1.95. The Morgan fingerprint density at radius 3 is 3.05 bits per heavy atom. The van der Waals surface area contributed by atoms with Crippen LogP contribution in [0.5, 0.6) is 0 Å². The summed E-state index contributed by atoms with van der Waals surface area (Å²) in [6.45, 7) is 2.78. The van der Waals surface area contributed by atoms with E-state index in [-0.39, 0.29) is 17.5 Å². The lowest BCUT2D eigenvalue weighted by Gasteiger charge is -2.35. The Morgan fingerprint density at radius 1 is 1.50 bits per heavy atom. The predicted molar refractivity (Wildman–Crippen MR) is 76.9 cm³/mol. The Morgan fingerprint density at radius 2 is 2.35 bits per heavy atom. The van der Waals surface area contributed by atoms with Gasteiger partial charge in [-0.15, -0.1) is 11.3 Å². The summed E-state index contributed by atoms with van der Waals surface area (Å²) in [5, 5.41) is 8.24. The molecule has 0 bridgehead atoms. The number of hydrogen-bond donors (Lipinski definition) is 1. The minimum Gasteiger partial charge on any atom is -0.330 e. The van der Waals surface area contributed by atoms with E-state index < -0.39 is 0 Å². The fourth-order valence-corrected chi connectivity index (χ4v) is 3.62. The normalized spacial score (nSPS) is 17.9. The number of amides is 1. The highest BCUT2D eigenvalue weighted by Gasteiger charge is 2.31. The van der Waals surface area contributed by atoms with E-state index in [1.54, 1.807) is 11.3 Å². The quantitative estimate of drug-likeness (QED) is 0.919. The largest absolute Gasteiger partial charge is 0.330 e. The fourth-order valence-electron chi connectivity index (χ4n) is 2.69. The lowest BCUT2D eigenvalue weighted by Crippen LogP contribution is -2.40. The summed E-state index contributed by atoms with van der Waals surface area (Å²) in [7, 11) is 0. The van der Waals surface area contributed by atoms with E-state index in [0.717, 1.165) is 12.8 Å². The van der Waals surface area contributed by atoms with Gasteiger partial charge in [0.05, 0.1) is 6.04 Å². The molecule has 2 aromatic rings. The molecule has 2 aromatic heterocycles. The van der Waals surface area contributed by atoms with Crippen molar-refractivity contribution in [2.24, 2.45) is 0 Å². The zero-order chi connectivity index (χ0) is 14.1. The molecule has 3 heterocycles. The third kappa shape index (κ3) is 2.16. The van der Waals surface area contributed by atoms with E-state index in [2.05, 4.69) is 28.6 Å². The van der Waals surface area contributed by atoms with Crippen molar-refractivity contribution in [2.75, 3.05) is 6.54 Å². The lowest BCUT2D eigenvalue weighted by molar-refractivity contribution is 0.0650. The zero-order valence-corrected chi connectivity index (χ0v) is 11.9. The molecule has 1 amide bonds. The number of thiophene rings is 1. The molecular weight excluding hydrogens is 274 g/mol. The summed E-state index contributed by atoms with van der Waals surface area (Å²) in [6.07, 6.45) is 1.76. The van der Waals surface area contributed by atoms with Crippen LogP contribution in [0, 0.1) is 0 Å². The Balaban J connectivity index is 1.92. The van der Waals surface area contributed by atoms with Gasteiger partial charge in [-0.2, -0.15) is 5.10 Å². The van der Waals surface area contributed by atoms with Crippen LogP contribution in [-0.4, -0.2) is 27.5 Å². The van der Waals surface area contributed by atoms with Crippen LogP contribution in [-0.2, 0) is 6.42 Å². The second kappa shape index (κ2) is 5.20. The smallest absolute Gasteiger partial charge is 0.274 e. The molecule has 1 aliphatic heterocycles. The average molecular weight is 289 g/mol. The third-order valence-electron chi connectivity index (χ3n) is 3.64. The number of carbonyl (C=O) groups excluding carboxylic acids is 1. The third-order valence-corrected chi connectivity index (χ3v) is 4.64. The first-order chi connectivity index (χ1) is 9.70. The number of nitrogens with zero attached hydrogens (tertiary/aromatic N) is 2. The second-order valence-corrected chi connectivity index (χ2v) is 5.78. The van der Waals surface area contributed by atoms with E-state index in [9.17, 15) is 9.59 Å². The number of hydrogen-bond acceptors (Lipinski definition) is 4. The number of nitrogens with one attached hydrogen (secondary N) is 1. The summed E-state index contributed by atoms with van der Waals surface area (Å²) in [5.41, 5.74) is 1.25. The van der Waals surface area contributed by atoms with Gasteiger partial charge in [0.25, 0.3) is 11.5 Å². The summed E-state index contributed by atoms with van der Waals surface area (Å²) in [5.74, 6) is -0.120. The second-order valence-electron chi connectivity index (χ2n) is 4.78. The van der Waals surface area contributed by atoms with E-state index in [0.29, 0.717) is 12.2 Å². The molecule has 104 valence electrons. The van der Waals surface area contributed by atoms with Gasteiger partial charge in [-0.05, 0) is 35.9 Å². The Kier molecular flexibility index (Phi) is 3.40. The molecule has 1 aliphatic rings. The van der Waals surface area contributed by atoms with Crippen LogP contribution in [0.1, 0.15) is 40.3 Å². The van der Waals surface area contributed by atoms with Gasteiger partial charge in [0.2, 0.25) is 0 Å². The van der Waals surface area contributed by atoms with E-state index in [1.807, 2.05) is 4.90 Å². The molecule has 0 spiro atoms. The van der Waals surface area contributed by atoms with Crippen LogP contribution >= 0.6 is 11.3 Å². The van der Waals surface area contributed by atoms with Crippen molar-refractivity contribution < 1.29 is 4.79 Å². The highest BCUT2D eigenvalue weighted by Crippen LogP contribution is 2.35. The van der Waals surface area contributed by atoms with Crippen molar-refractivity contribution >= 4 is 17.2 Å². The zero-order valence-electron chi connectivity index (χ0n) is 11.1. The SMILES string of the molecule is CCC1c2ccsc2CCN1C(=O)c1ccc(=O)[nH]n1. The van der Waals surface area contributed by atoms with Crippen LogP contribution < -0.4 is 5.56 Å². The molecule has 1 N–H and O–H groups in total. The molecule has 6 heteroatoms. The molecule has 1 unspecified atom stereocenters. The van der Waals surface area contributed by atoms with Crippen LogP contribution in [0.25, 0.3) is 0 Å². The van der Waals surface area contributed by atoms with Crippen LogP contribution in [0.3, 0.4) is 0 Å².